The maximum absolute atomic E-state index is 9.36. The molecule has 0 atom stereocenters. The van der Waals surface area contributed by atoms with E-state index in [9.17, 15) is 5.26 Å². The molecule has 0 spiro atoms. The van der Waals surface area contributed by atoms with Gasteiger partial charge in [0.25, 0.3) is 0 Å². The summed E-state index contributed by atoms with van der Waals surface area (Å²) in [7, 11) is 1.62. The average Bonchev–Trinajstić information content (AvgIpc) is 2.60. The molecule has 2 aromatic rings. The second kappa shape index (κ2) is 8.07. The molecular formula is C20H22N2O2. The maximum Gasteiger partial charge on any atom is 0.219 e. The summed E-state index contributed by atoms with van der Waals surface area (Å²) < 4.78 is 11.2. The van der Waals surface area contributed by atoms with Crippen molar-refractivity contribution in [1.29, 1.82) is 5.26 Å². The van der Waals surface area contributed by atoms with Gasteiger partial charge in [0.1, 0.15) is 17.6 Å². The van der Waals surface area contributed by atoms with Gasteiger partial charge in [-0.15, -0.1) is 0 Å². The van der Waals surface area contributed by atoms with Crippen molar-refractivity contribution in [3.05, 3.63) is 65.6 Å². The summed E-state index contributed by atoms with van der Waals surface area (Å²) in [6, 6.07) is 15.6. The number of hydrogen-bond donors (Lipinski definition) is 1. The minimum absolute atomic E-state index is 0.187. The van der Waals surface area contributed by atoms with Crippen LogP contribution in [0.15, 0.2) is 54.4 Å². The molecule has 0 saturated heterocycles. The number of rotatable bonds is 6. The molecule has 0 saturated carbocycles. The van der Waals surface area contributed by atoms with Crippen molar-refractivity contribution >= 4 is 5.69 Å². The number of para-hydroxylation sites is 1. The van der Waals surface area contributed by atoms with Crippen molar-refractivity contribution in [2.45, 2.75) is 26.7 Å². The molecule has 4 heteroatoms. The van der Waals surface area contributed by atoms with Gasteiger partial charge in [0.15, 0.2) is 0 Å². The van der Waals surface area contributed by atoms with E-state index in [-0.39, 0.29) is 11.7 Å². The molecule has 124 valence electrons. The summed E-state index contributed by atoms with van der Waals surface area (Å²) in [5, 5.41) is 12.4. The quantitative estimate of drug-likeness (QED) is 0.602. The first-order valence-electron chi connectivity index (χ1n) is 7.83. The summed E-state index contributed by atoms with van der Waals surface area (Å²) in [6.45, 7) is 6.17. The highest BCUT2D eigenvalue weighted by molar-refractivity contribution is 5.50. The molecule has 0 aliphatic rings. The van der Waals surface area contributed by atoms with E-state index in [1.165, 1.54) is 0 Å². The van der Waals surface area contributed by atoms with Gasteiger partial charge in [0.2, 0.25) is 5.76 Å². The number of benzene rings is 2. The molecule has 0 unspecified atom stereocenters. The van der Waals surface area contributed by atoms with Gasteiger partial charge in [-0.25, -0.2) is 0 Å². The minimum Gasteiger partial charge on any atom is -0.496 e. The first kappa shape index (κ1) is 17.4. The maximum atomic E-state index is 9.36. The highest BCUT2D eigenvalue weighted by Crippen LogP contribution is 2.34. The highest BCUT2D eigenvalue weighted by Gasteiger charge is 2.14. The van der Waals surface area contributed by atoms with Gasteiger partial charge in [-0.1, -0.05) is 32.0 Å². The van der Waals surface area contributed by atoms with Crippen molar-refractivity contribution in [2.24, 2.45) is 0 Å². The third kappa shape index (κ3) is 4.30. The lowest BCUT2D eigenvalue weighted by Crippen LogP contribution is -2.02. The molecule has 1 N–H and O–H groups in total. The molecular weight excluding hydrogens is 300 g/mol. The Balaban J connectivity index is 2.28. The van der Waals surface area contributed by atoms with Crippen LogP contribution in [0, 0.1) is 18.3 Å². The van der Waals surface area contributed by atoms with Gasteiger partial charge in [0.05, 0.1) is 13.3 Å². The van der Waals surface area contributed by atoms with E-state index in [1.54, 1.807) is 13.3 Å². The summed E-state index contributed by atoms with van der Waals surface area (Å²) in [5.74, 6) is 1.83. The summed E-state index contributed by atoms with van der Waals surface area (Å²) in [4.78, 5) is 0. The predicted octanol–water partition coefficient (Wildman–Crippen LogP) is 4.98. The number of anilines is 1. The number of methoxy groups -OCH3 is 1. The molecule has 0 bridgehead atoms. The Morgan fingerprint density at radius 3 is 2.46 bits per heavy atom. The van der Waals surface area contributed by atoms with E-state index in [2.05, 4.69) is 25.2 Å². The largest absolute Gasteiger partial charge is 0.496 e. The number of nitrogens with one attached hydrogen (secondary N) is 1. The average molecular weight is 322 g/mol. The molecule has 0 radical (unpaired) electrons. The molecule has 0 aliphatic carbocycles. The fraction of sp³-hybridized carbons (Fsp3) is 0.250. The highest BCUT2D eigenvalue weighted by atomic mass is 16.5. The molecule has 0 heterocycles. The molecule has 4 nitrogen and oxygen atoms in total. The van der Waals surface area contributed by atoms with E-state index >= 15 is 0 Å². The zero-order chi connectivity index (χ0) is 17.5. The smallest absolute Gasteiger partial charge is 0.219 e. The first-order chi connectivity index (χ1) is 11.5. The number of ether oxygens (including phenoxy) is 2. The van der Waals surface area contributed by atoms with Crippen molar-refractivity contribution in [2.75, 3.05) is 12.4 Å². The number of allylic oxidation sites excluding steroid dienone is 1. The van der Waals surface area contributed by atoms with Crippen LogP contribution in [0.2, 0.25) is 0 Å². The monoisotopic (exact) mass is 322 g/mol. The Morgan fingerprint density at radius 2 is 1.88 bits per heavy atom. The van der Waals surface area contributed by atoms with Crippen LogP contribution >= 0.6 is 0 Å². The molecule has 0 amide bonds. The molecule has 24 heavy (non-hydrogen) atoms. The molecule has 0 aromatic heterocycles. The Kier molecular flexibility index (Phi) is 5.86. The van der Waals surface area contributed by atoms with Crippen LogP contribution in [0.4, 0.5) is 5.69 Å². The van der Waals surface area contributed by atoms with Crippen LogP contribution in [0.1, 0.15) is 30.9 Å². The van der Waals surface area contributed by atoms with Crippen molar-refractivity contribution in [1.82, 2.24) is 0 Å². The molecule has 0 fully saturated rings. The molecule has 2 rings (SSSR count). The predicted molar refractivity (Wildman–Crippen MR) is 96.2 cm³/mol. The first-order valence-corrected chi connectivity index (χ1v) is 7.83. The van der Waals surface area contributed by atoms with Gasteiger partial charge >= 0.3 is 0 Å². The van der Waals surface area contributed by atoms with Crippen molar-refractivity contribution < 1.29 is 9.47 Å². The van der Waals surface area contributed by atoms with Crippen molar-refractivity contribution in [3.8, 4) is 17.6 Å². The van der Waals surface area contributed by atoms with Gasteiger partial charge in [0, 0.05) is 11.8 Å². The lowest BCUT2D eigenvalue weighted by Gasteiger charge is -2.16. The third-order valence-electron chi connectivity index (χ3n) is 3.62. The summed E-state index contributed by atoms with van der Waals surface area (Å²) in [5.41, 5.74) is 2.96. The van der Waals surface area contributed by atoms with E-state index in [0.29, 0.717) is 5.75 Å². The third-order valence-corrected chi connectivity index (χ3v) is 3.62. The summed E-state index contributed by atoms with van der Waals surface area (Å²) in [6.07, 6.45) is 1.56. The SMILES string of the molecule is COc1cc(O/C(C#N)=C/Nc2ccccc2)c(C(C)C)cc1C. The Bertz CT molecular complexity index is 759. The Hall–Kier alpha value is -2.93. The van der Waals surface area contributed by atoms with Gasteiger partial charge < -0.3 is 14.8 Å². The topological polar surface area (TPSA) is 54.3 Å². The second-order valence-electron chi connectivity index (χ2n) is 5.75. The number of hydrogen-bond acceptors (Lipinski definition) is 4. The minimum atomic E-state index is 0.187. The Morgan fingerprint density at radius 1 is 1.17 bits per heavy atom. The van der Waals surface area contributed by atoms with E-state index in [0.717, 1.165) is 22.6 Å². The zero-order valence-electron chi connectivity index (χ0n) is 14.5. The van der Waals surface area contributed by atoms with Crippen LogP contribution in [0.3, 0.4) is 0 Å². The van der Waals surface area contributed by atoms with E-state index in [4.69, 9.17) is 9.47 Å². The normalized spacial score (nSPS) is 11.1. The zero-order valence-corrected chi connectivity index (χ0v) is 14.5. The van der Waals surface area contributed by atoms with E-state index in [1.807, 2.05) is 49.4 Å². The van der Waals surface area contributed by atoms with Crippen LogP contribution < -0.4 is 14.8 Å². The number of aryl methyl sites for hydroxylation is 1. The molecule has 0 aliphatic heterocycles. The number of nitrogens with zero attached hydrogens (tertiary/aromatic N) is 1. The Labute approximate surface area is 143 Å². The van der Waals surface area contributed by atoms with E-state index < -0.39 is 0 Å². The van der Waals surface area contributed by atoms with Gasteiger partial charge in [-0.2, -0.15) is 5.26 Å². The summed E-state index contributed by atoms with van der Waals surface area (Å²) >= 11 is 0. The second-order valence-corrected chi connectivity index (χ2v) is 5.75. The van der Waals surface area contributed by atoms with Crippen LogP contribution in [-0.2, 0) is 0 Å². The van der Waals surface area contributed by atoms with Gasteiger partial charge in [-0.05, 0) is 42.2 Å². The fourth-order valence-electron chi connectivity index (χ4n) is 2.34. The lowest BCUT2D eigenvalue weighted by molar-refractivity contribution is 0.399. The lowest BCUT2D eigenvalue weighted by atomic mass is 9.99. The van der Waals surface area contributed by atoms with Crippen LogP contribution in [0.25, 0.3) is 0 Å². The van der Waals surface area contributed by atoms with Gasteiger partial charge in [-0.3, -0.25) is 0 Å². The molecule has 2 aromatic carbocycles. The standard InChI is InChI=1S/C20H22N2O2/c1-14(2)18-10-15(3)19(23-4)11-20(18)24-17(12-21)13-22-16-8-6-5-7-9-16/h5-11,13-14,22H,1-4H3/b17-13+. The van der Waals surface area contributed by atoms with Crippen LogP contribution in [0.5, 0.6) is 11.5 Å². The van der Waals surface area contributed by atoms with Crippen molar-refractivity contribution in [3.63, 3.8) is 0 Å². The fourth-order valence-corrected chi connectivity index (χ4v) is 2.34. The number of nitriles is 1. The van der Waals surface area contributed by atoms with Crippen LogP contribution in [-0.4, -0.2) is 7.11 Å².